The van der Waals surface area contributed by atoms with Crippen molar-refractivity contribution < 1.29 is 14.3 Å². The van der Waals surface area contributed by atoms with Gasteiger partial charge in [0, 0.05) is 25.2 Å². The maximum absolute atomic E-state index is 12.8. The van der Waals surface area contributed by atoms with Crippen LogP contribution in [0.2, 0.25) is 0 Å². The quantitative estimate of drug-likeness (QED) is 0.773. The summed E-state index contributed by atoms with van der Waals surface area (Å²) in [7, 11) is 1.63. The van der Waals surface area contributed by atoms with Crippen molar-refractivity contribution in [2.24, 2.45) is 0 Å². The van der Waals surface area contributed by atoms with E-state index in [4.69, 9.17) is 4.74 Å². The van der Waals surface area contributed by atoms with E-state index in [1.54, 1.807) is 7.11 Å². The summed E-state index contributed by atoms with van der Waals surface area (Å²) in [4.78, 5) is 26.7. The summed E-state index contributed by atoms with van der Waals surface area (Å²) in [6.07, 6.45) is 0.269. The molecule has 1 heterocycles. The van der Waals surface area contributed by atoms with Crippen LogP contribution in [0.15, 0.2) is 54.6 Å². The molecular weight excluding hydrogens is 378 g/mol. The van der Waals surface area contributed by atoms with Crippen molar-refractivity contribution in [2.75, 3.05) is 33.3 Å². The largest absolute Gasteiger partial charge is 0.496 e. The van der Waals surface area contributed by atoms with E-state index in [1.165, 1.54) is 0 Å². The minimum Gasteiger partial charge on any atom is -0.496 e. The fourth-order valence-corrected chi connectivity index (χ4v) is 3.34. The van der Waals surface area contributed by atoms with Gasteiger partial charge in [0.2, 0.25) is 11.8 Å². The number of carbonyl (C=O) groups is 2. The fourth-order valence-electron chi connectivity index (χ4n) is 3.34. The van der Waals surface area contributed by atoms with Crippen LogP contribution in [0.1, 0.15) is 17.2 Å². The van der Waals surface area contributed by atoms with Crippen molar-refractivity contribution in [1.82, 2.24) is 15.5 Å². The average Bonchev–Trinajstić information content (AvgIpc) is 2.72. The van der Waals surface area contributed by atoms with Crippen LogP contribution in [0.25, 0.3) is 0 Å². The van der Waals surface area contributed by atoms with E-state index in [0.29, 0.717) is 13.1 Å². The molecule has 1 unspecified atom stereocenters. The number of benzene rings is 2. The zero-order chi connectivity index (χ0) is 19.1. The third-order valence-corrected chi connectivity index (χ3v) is 4.71. The van der Waals surface area contributed by atoms with Gasteiger partial charge in [-0.25, -0.2) is 0 Å². The standard InChI is InChI=1S/C21H25N3O3.ClH/c1-27-19-10-6-5-9-17(19)18-14-22-11-12-24(18)21(26)15-23-20(25)13-16-7-3-2-4-8-16;/h2-10,18,22H,11-15H2,1H3,(H,23,25);1H. The second kappa shape index (κ2) is 10.7. The van der Waals surface area contributed by atoms with Gasteiger partial charge in [0.1, 0.15) is 5.75 Å². The van der Waals surface area contributed by atoms with Crippen LogP contribution in [-0.2, 0) is 16.0 Å². The number of carbonyl (C=O) groups excluding carboxylic acids is 2. The van der Waals surface area contributed by atoms with Gasteiger partial charge in [-0.2, -0.15) is 0 Å². The van der Waals surface area contributed by atoms with Crippen LogP contribution in [0.5, 0.6) is 5.75 Å². The van der Waals surface area contributed by atoms with Gasteiger partial charge in [-0.15, -0.1) is 12.4 Å². The second-order valence-corrected chi connectivity index (χ2v) is 6.49. The first-order valence-electron chi connectivity index (χ1n) is 9.12. The summed E-state index contributed by atoms with van der Waals surface area (Å²) in [6.45, 7) is 1.98. The Bertz CT molecular complexity index is 785. The van der Waals surface area contributed by atoms with Gasteiger partial charge >= 0.3 is 0 Å². The molecule has 2 aromatic carbocycles. The third kappa shape index (κ3) is 5.47. The number of hydrogen-bond acceptors (Lipinski definition) is 4. The number of hydrogen-bond donors (Lipinski definition) is 2. The zero-order valence-corrected chi connectivity index (χ0v) is 16.7. The maximum Gasteiger partial charge on any atom is 0.242 e. The van der Waals surface area contributed by atoms with Crippen LogP contribution in [-0.4, -0.2) is 50.0 Å². The predicted molar refractivity (Wildman–Crippen MR) is 111 cm³/mol. The number of nitrogens with zero attached hydrogens (tertiary/aromatic N) is 1. The highest BCUT2D eigenvalue weighted by molar-refractivity contribution is 5.86. The lowest BCUT2D eigenvalue weighted by Crippen LogP contribution is -2.51. The highest BCUT2D eigenvalue weighted by atomic mass is 35.5. The molecule has 150 valence electrons. The number of amides is 2. The molecule has 3 rings (SSSR count). The van der Waals surface area contributed by atoms with Crippen LogP contribution in [0.4, 0.5) is 0 Å². The van der Waals surface area contributed by atoms with Crippen molar-refractivity contribution in [3.63, 3.8) is 0 Å². The molecule has 2 N–H and O–H groups in total. The van der Waals surface area contributed by atoms with Crippen molar-refractivity contribution in [2.45, 2.75) is 12.5 Å². The highest BCUT2D eigenvalue weighted by Gasteiger charge is 2.29. The molecule has 2 amide bonds. The van der Waals surface area contributed by atoms with Gasteiger partial charge in [-0.1, -0.05) is 48.5 Å². The molecule has 1 aliphatic heterocycles. The molecule has 6 nitrogen and oxygen atoms in total. The Kier molecular flexibility index (Phi) is 8.29. The fraction of sp³-hybridized carbons (Fsp3) is 0.333. The van der Waals surface area contributed by atoms with Gasteiger partial charge < -0.3 is 20.3 Å². The van der Waals surface area contributed by atoms with Crippen molar-refractivity contribution in [3.8, 4) is 5.75 Å². The third-order valence-electron chi connectivity index (χ3n) is 4.71. The van der Waals surface area contributed by atoms with Gasteiger partial charge in [0.05, 0.1) is 26.1 Å². The van der Waals surface area contributed by atoms with Crippen molar-refractivity contribution in [1.29, 1.82) is 0 Å². The lowest BCUT2D eigenvalue weighted by Gasteiger charge is -2.37. The smallest absolute Gasteiger partial charge is 0.242 e. The Morgan fingerprint density at radius 1 is 1.14 bits per heavy atom. The number of halogens is 1. The van der Waals surface area contributed by atoms with Crippen LogP contribution >= 0.6 is 12.4 Å². The molecule has 0 spiro atoms. The zero-order valence-electron chi connectivity index (χ0n) is 15.9. The summed E-state index contributed by atoms with van der Waals surface area (Å²) >= 11 is 0. The molecule has 1 fully saturated rings. The first-order valence-corrected chi connectivity index (χ1v) is 9.12. The summed E-state index contributed by atoms with van der Waals surface area (Å²) in [6, 6.07) is 17.1. The predicted octanol–water partition coefficient (Wildman–Crippen LogP) is 1.95. The molecule has 1 aliphatic rings. The molecule has 1 saturated heterocycles. The molecule has 28 heavy (non-hydrogen) atoms. The molecule has 7 heteroatoms. The van der Waals surface area contributed by atoms with Crippen LogP contribution < -0.4 is 15.4 Å². The minimum absolute atomic E-state index is 0. The van der Waals surface area contributed by atoms with E-state index in [0.717, 1.165) is 23.4 Å². The first-order chi connectivity index (χ1) is 13.2. The topological polar surface area (TPSA) is 70.7 Å². The van der Waals surface area contributed by atoms with Gasteiger partial charge in [-0.3, -0.25) is 9.59 Å². The van der Waals surface area contributed by atoms with E-state index in [1.807, 2.05) is 59.5 Å². The van der Waals surface area contributed by atoms with E-state index >= 15 is 0 Å². The summed E-state index contributed by atoms with van der Waals surface area (Å²) in [5.74, 6) is 0.518. The van der Waals surface area contributed by atoms with Crippen molar-refractivity contribution >= 4 is 24.2 Å². The van der Waals surface area contributed by atoms with E-state index < -0.39 is 0 Å². The molecule has 0 saturated carbocycles. The highest BCUT2D eigenvalue weighted by Crippen LogP contribution is 2.30. The Balaban J connectivity index is 0.00000280. The van der Waals surface area contributed by atoms with Gasteiger partial charge in [0.15, 0.2) is 0 Å². The first kappa shape index (κ1) is 21.7. The normalized spacial score (nSPS) is 16.0. The molecular formula is C21H26ClN3O3. The molecule has 0 radical (unpaired) electrons. The summed E-state index contributed by atoms with van der Waals surface area (Å²) in [5, 5.41) is 6.08. The number of nitrogens with one attached hydrogen (secondary N) is 2. The Morgan fingerprint density at radius 3 is 2.61 bits per heavy atom. The SMILES string of the molecule is COc1ccccc1C1CNCCN1C(=O)CNC(=O)Cc1ccccc1.Cl. The maximum atomic E-state index is 12.8. The van der Waals surface area contributed by atoms with Gasteiger partial charge in [0.25, 0.3) is 0 Å². The summed E-state index contributed by atoms with van der Waals surface area (Å²) < 4.78 is 5.46. The lowest BCUT2D eigenvalue weighted by atomic mass is 10.0. The number of ether oxygens (including phenoxy) is 1. The molecule has 0 aromatic heterocycles. The minimum atomic E-state index is -0.154. The molecule has 2 aromatic rings. The van der Waals surface area contributed by atoms with Crippen LogP contribution in [0, 0.1) is 0 Å². The lowest BCUT2D eigenvalue weighted by molar-refractivity contribution is -0.135. The van der Waals surface area contributed by atoms with E-state index in [2.05, 4.69) is 10.6 Å². The Labute approximate surface area is 171 Å². The molecule has 0 bridgehead atoms. The average molecular weight is 404 g/mol. The van der Waals surface area contributed by atoms with Gasteiger partial charge in [-0.05, 0) is 11.6 Å². The van der Waals surface area contributed by atoms with Crippen LogP contribution in [0.3, 0.4) is 0 Å². The number of rotatable bonds is 6. The number of piperazine rings is 1. The second-order valence-electron chi connectivity index (χ2n) is 6.49. The monoisotopic (exact) mass is 403 g/mol. The van der Waals surface area contributed by atoms with E-state index in [-0.39, 0.29) is 43.2 Å². The number of para-hydroxylation sites is 1. The molecule has 1 atom stereocenters. The van der Waals surface area contributed by atoms with E-state index in [9.17, 15) is 9.59 Å². The van der Waals surface area contributed by atoms with Crippen molar-refractivity contribution in [3.05, 3.63) is 65.7 Å². The number of methoxy groups -OCH3 is 1. The Morgan fingerprint density at radius 2 is 1.86 bits per heavy atom. The summed E-state index contributed by atoms with van der Waals surface area (Å²) in [5.41, 5.74) is 1.90. The molecule has 0 aliphatic carbocycles. The Hall–Kier alpha value is -2.57.